The smallest absolute Gasteiger partial charge is 0.303 e. The third kappa shape index (κ3) is 9.57. The van der Waals surface area contributed by atoms with Gasteiger partial charge in [-0.3, -0.25) is 14.3 Å². The molecular weight excluding hydrogens is 512 g/mol. The van der Waals surface area contributed by atoms with Crippen LogP contribution in [0.4, 0.5) is 11.6 Å². The fourth-order valence-corrected chi connectivity index (χ4v) is 4.13. The quantitative estimate of drug-likeness (QED) is 0.363. The second-order valence-corrected chi connectivity index (χ2v) is 10.1. The number of ether oxygens (including phenoxy) is 1. The van der Waals surface area contributed by atoms with Crippen LogP contribution >= 0.6 is 0 Å². The maximum Gasteiger partial charge on any atom is 0.303 e. The summed E-state index contributed by atoms with van der Waals surface area (Å²) in [4.78, 5) is 43.1. The van der Waals surface area contributed by atoms with Crippen LogP contribution in [0.5, 0.6) is 0 Å². The second kappa shape index (κ2) is 14.3. The number of nitrogens with zero attached hydrogens (tertiary/aromatic N) is 5. The van der Waals surface area contributed by atoms with Gasteiger partial charge in [0.2, 0.25) is 11.9 Å². The number of amides is 1. The van der Waals surface area contributed by atoms with Gasteiger partial charge in [-0.1, -0.05) is 12.1 Å². The number of Topliss-reactive ketones (excluding diaryl/α,β-unsaturated/α-hetero) is 1. The van der Waals surface area contributed by atoms with Crippen molar-refractivity contribution in [1.29, 1.82) is 0 Å². The third-order valence-corrected chi connectivity index (χ3v) is 6.22. The summed E-state index contributed by atoms with van der Waals surface area (Å²) in [6.45, 7) is 8.92. The van der Waals surface area contributed by atoms with Gasteiger partial charge >= 0.3 is 5.97 Å². The Labute approximate surface area is 234 Å². The molecule has 1 aliphatic heterocycles. The molecule has 11 nitrogen and oxygen atoms in total. The van der Waals surface area contributed by atoms with E-state index in [1.807, 2.05) is 38.1 Å². The molecule has 3 aromatic rings. The molecule has 0 bridgehead atoms. The fraction of sp³-hybridized carbons (Fsp3) is 0.448. The van der Waals surface area contributed by atoms with Crippen molar-refractivity contribution in [2.75, 3.05) is 18.4 Å². The first kappa shape index (κ1) is 30.4. The number of carboxylic acid groups (broad SMARTS) is 1. The van der Waals surface area contributed by atoms with Crippen molar-refractivity contribution in [1.82, 2.24) is 24.6 Å². The van der Waals surface area contributed by atoms with E-state index < -0.39 is 5.97 Å². The van der Waals surface area contributed by atoms with Gasteiger partial charge in [0, 0.05) is 50.9 Å². The van der Waals surface area contributed by atoms with Crippen molar-refractivity contribution in [2.24, 2.45) is 7.05 Å². The van der Waals surface area contributed by atoms with Gasteiger partial charge in [-0.05, 0) is 57.4 Å². The number of likely N-dealkylation sites (tertiary alicyclic amines) is 1. The number of nitrogens with one attached hydrogen (secondary N) is 1. The summed E-state index contributed by atoms with van der Waals surface area (Å²) in [5.74, 6) is -0.274. The van der Waals surface area contributed by atoms with Gasteiger partial charge in [-0.15, -0.1) is 0 Å². The Kier molecular flexibility index (Phi) is 10.9. The zero-order valence-electron chi connectivity index (χ0n) is 23.8. The fourth-order valence-electron chi connectivity index (χ4n) is 4.13. The van der Waals surface area contributed by atoms with Crippen LogP contribution in [0.1, 0.15) is 51.2 Å². The first-order valence-electron chi connectivity index (χ1n) is 13.3. The monoisotopic (exact) mass is 550 g/mol. The molecule has 1 aliphatic rings. The van der Waals surface area contributed by atoms with E-state index in [-0.39, 0.29) is 36.7 Å². The van der Waals surface area contributed by atoms with Crippen LogP contribution in [0.2, 0.25) is 0 Å². The molecule has 1 fully saturated rings. The molecular formula is C29H38N6O5. The number of anilines is 2. The SMILES string of the molecule is CC(=O)CCC(=O)O.Cc1cc(-c2ccnc(Nc3cnn(C)c3)n2)ccc1CCC(=O)N1CC(OC(C)C)C1. The zero-order chi connectivity index (χ0) is 29.2. The summed E-state index contributed by atoms with van der Waals surface area (Å²) in [7, 11) is 1.86. The summed E-state index contributed by atoms with van der Waals surface area (Å²) in [5, 5.41) is 15.3. The Balaban J connectivity index is 0.000000482. The van der Waals surface area contributed by atoms with E-state index in [2.05, 4.69) is 45.5 Å². The Morgan fingerprint density at radius 3 is 2.48 bits per heavy atom. The van der Waals surface area contributed by atoms with Crippen LogP contribution in [0.15, 0.2) is 42.9 Å². The van der Waals surface area contributed by atoms with Crippen LogP contribution in [0.25, 0.3) is 11.3 Å². The minimum atomic E-state index is -0.916. The number of rotatable bonds is 11. The number of ketones is 1. The van der Waals surface area contributed by atoms with Crippen LogP contribution in [0, 0.1) is 6.92 Å². The van der Waals surface area contributed by atoms with Gasteiger partial charge < -0.3 is 24.9 Å². The zero-order valence-corrected chi connectivity index (χ0v) is 23.8. The molecule has 1 amide bonds. The number of aliphatic carboxylic acids is 1. The normalized spacial score (nSPS) is 12.9. The van der Waals surface area contributed by atoms with Crippen molar-refractivity contribution < 1.29 is 24.2 Å². The number of carboxylic acids is 1. The van der Waals surface area contributed by atoms with Gasteiger partial charge in [-0.2, -0.15) is 5.10 Å². The average Bonchev–Trinajstić information content (AvgIpc) is 3.28. The molecule has 2 N–H and O–H groups in total. The number of benzene rings is 1. The highest BCUT2D eigenvalue weighted by atomic mass is 16.5. The van der Waals surface area contributed by atoms with Crippen molar-refractivity contribution in [3.05, 3.63) is 54.0 Å². The topological polar surface area (TPSA) is 140 Å². The lowest BCUT2D eigenvalue weighted by Crippen LogP contribution is -2.55. The molecule has 11 heteroatoms. The van der Waals surface area contributed by atoms with Gasteiger partial charge in [-0.25, -0.2) is 9.97 Å². The van der Waals surface area contributed by atoms with Gasteiger partial charge in [0.05, 0.1) is 36.2 Å². The number of aryl methyl sites for hydroxylation is 3. The Morgan fingerprint density at radius 1 is 1.15 bits per heavy atom. The molecule has 3 heterocycles. The predicted molar refractivity (Wildman–Crippen MR) is 151 cm³/mol. The molecule has 0 spiro atoms. The van der Waals surface area contributed by atoms with E-state index >= 15 is 0 Å². The maximum atomic E-state index is 12.5. The first-order chi connectivity index (χ1) is 19.0. The Morgan fingerprint density at radius 2 is 1.90 bits per heavy atom. The van der Waals surface area contributed by atoms with E-state index in [1.165, 1.54) is 12.5 Å². The maximum absolute atomic E-state index is 12.5. The van der Waals surface area contributed by atoms with Crippen LogP contribution < -0.4 is 5.32 Å². The summed E-state index contributed by atoms with van der Waals surface area (Å²) in [6.07, 6.45) is 7.08. The van der Waals surface area contributed by atoms with E-state index in [0.717, 1.165) is 28.9 Å². The number of carbonyl (C=O) groups excluding carboxylic acids is 2. The number of carbonyl (C=O) groups is 3. The van der Waals surface area contributed by atoms with E-state index in [4.69, 9.17) is 9.84 Å². The average molecular weight is 551 g/mol. The van der Waals surface area contributed by atoms with Crippen LogP contribution in [-0.2, 0) is 32.6 Å². The molecule has 214 valence electrons. The Bertz CT molecular complexity index is 1300. The molecule has 0 unspecified atom stereocenters. The van der Waals surface area contributed by atoms with Crippen molar-refractivity contribution >= 4 is 29.3 Å². The predicted octanol–water partition coefficient (Wildman–Crippen LogP) is 3.94. The Hall–Kier alpha value is -4.12. The highest BCUT2D eigenvalue weighted by Gasteiger charge is 2.31. The van der Waals surface area contributed by atoms with Crippen molar-refractivity contribution in [3.63, 3.8) is 0 Å². The summed E-state index contributed by atoms with van der Waals surface area (Å²) in [6, 6.07) is 8.16. The van der Waals surface area contributed by atoms with Gasteiger partial charge in [0.15, 0.2) is 0 Å². The molecule has 2 aromatic heterocycles. The number of aromatic nitrogens is 4. The molecule has 0 saturated carbocycles. The summed E-state index contributed by atoms with van der Waals surface area (Å²) in [5.41, 5.74) is 5.03. The lowest BCUT2D eigenvalue weighted by Gasteiger charge is -2.40. The number of hydrogen-bond donors (Lipinski definition) is 2. The summed E-state index contributed by atoms with van der Waals surface area (Å²) < 4.78 is 7.45. The van der Waals surface area contributed by atoms with Crippen LogP contribution in [0.3, 0.4) is 0 Å². The lowest BCUT2D eigenvalue weighted by atomic mass is 9.99. The highest BCUT2D eigenvalue weighted by molar-refractivity contribution is 5.80. The van der Waals surface area contributed by atoms with Gasteiger partial charge in [0.1, 0.15) is 5.78 Å². The van der Waals surface area contributed by atoms with Crippen molar-refractivity contribution in [2.45, 2.75) is 65.6 Å². The molecule has 4 rings (SSSR count). The summed E-state index contributed by atoms with van der Waals surface area (Å²) >= 11 is 0. The minimum Gasteiger partial charge on any atom is -0.481 e. The van der Waals surface area contributed by atoms with Crippen molar-refractivity contribution in [3.8, 4) is 11.3 Å². The second-order valence-electron chi connectivity index (χ2n) is 10.1. The molecule has 0 atom stereocenters. The van der Waals surface area contributed by atoms with E-state index in [0.29, 0.717) is 25.5 Å². The number of hydrogen-bond acceptors (Lipinski definition) is 8. The van der Waals surface area contributed by atoms with Gasteiger partial charge in [0.25, 0.3) is 0 Å². The molecule has 0 aliphatic carbocycles. The largest absolute Gasteiger partial charge is 0.481 e. The first-order valence-corrected chi connectivity index (χ1v) is 13.3. The minimum absolute atomic E-state index is 0.0463. The lowest BCUT2D eigenvalue weighted by molar-refractivity contribution is -0.148. The van der Waals surface area contributed by atoms with Crippen LogP contribution in [-0.4, -0.2) is 72.7 Å². The van der Waals surface area contributed by atoms with E-state index in [9.17, 15) is 14.4 Å². The molecule has 0 radical (unpaired) electrons. The van der Waals surface area contributed by atoms with E-state index in [1.54, 1.807) is 17.1 Å². The standard InChI is InChI=1S/C24H30N6O2.C5H8O3/c1-16(2)32-21-14-30(15-21)23(31)8-7-18-5-6-19(11-17(18)3)22-9-10-25-24(28-22)27-20-12-26-29(4)13-20;1-4(6)2-3-5(7)8/h5-6,9-13,16,21H,7-8,14-15H2,1-4H3,(H,25,27,28);2-3H2,1H3,(H,7,8). The molecule has 40 heavy (non-hydrogen) atoms. The highest BCUT2D eigenvalue weighted by Crippen LogP contribution is 2.24. The molecule has 1 saturated heterocycles. The molecule has 1 aromatic carbocycles. The third-order valence-electron chi connectivity index (χ3n) is 6.22.